The van der Waals surface area contributed by atoms with Gasteiger partial charge in [-0.15, -0.1) is 0 Å². The molecule has 112 valence electrons. The van der Waals surface area contributed by atoms with Crippen LogP contribution in [-0.4, -0.2) is 14.2 Å². The molecule has 0 radical (unpaired) electrons. The molecule has 2 aromatic carbocycles. The molecule has 0 aromatic heterocycles. The normalized spacial score (nSPS) is 12.3. The lowest BCUT2D eigenvalue weighted by Crippen LogP contribution is -2.19. The summed E-state index contributed by atoms with van der Waals surface area (Å²) in [6, 6.07) is 10.9. The molecule has 0 spiro atoms. The van der Waals surface area contributed by atoms with Crippen LogP contribution in [-0.2, 0) is 0 Å². The predicted octanol–water partition coefficient (Wildman–Crippen LogP) is 4.69. The van der Waals surface area contributed by atoms with Crippen LogP contribution < -0.4 is 10.1 Å². The molecule has 0 fully saturated rings. The first-order valence-corrected chi connectivity index (χ1v) is 7.86. The van der Waals surface area contributed by atoms with Crippen LogP contribution in [0.25, 0.3) is 0 Å². The summed E-state index contributed by atoms with van der Waals surface area (Å²) in [5.41, 5.74) is 6.16. The maximum absolute atomic E-state index is 5.41. The van der Waals surface area contributed by atoms with Gasteiger partial charge in [0.2, 0.25) is 0 Å². The van der Waals surface area contributed by atoms with Gasteiger partial charge in [-0.3, -0.25) is 0 Å². The molecule has 0 saturated carbocycles. The van der Waals surface area contributed by atoms with E-state index in [4.69, 9.17) is 4.74 Å². The summed E-state index contributed by atoms with van der Waals surface area (Å²) in [4.78, 5) is 0. The highest BCUT2D eigenvalue weighted by atomic mass is 79.9. The molecule has 0 heterocycles. The highest BCUT2D eigenvalue weighted by Gasteiger charge is 2.19. The third kappa shape index (κ3) is 3.14. The van der Waals surface area contributed by atoms with Gasteiger partial charge in [-0.25, -0.2) is 0 Å². The Balaban J connectivity index is 2.57. The van der Waals surface area contributed by atoms with Gasteiger partial charge in [-0.05, 0) is 61.7 Å². The molecular formula is C18H22BrNO. The molecule has 0 bridgehead atoms. The van der Waals surface area contributed by atoms with Crippen molar-refractivity contribution in [2.24, 2.45) is 0 Å². The summed E-state index contributed by atoms with van der Waals surface area (Å²) in [5.74, 6) is 0.939. The van der Waals surface area contributed by atoms with E-state index in [1.54, 1.807) is 7.11 Å². The smallest absolute Gasteiger partial charge is 0.122 e. The molecule has 2 rings (SSSR count). The fraction of sp³-hybridized carbons (Fsp3) is 0.333. The Labute approximate surface area is 135 Å². The second kappa shape index (κ2) is 6.63. The second-order valence-electron chi connectivity index (χ2n) is 5.38. The van der Waals surface area contributed by atoms with Crippen molar-refractivity contribution in [1.29, 1.82) is 0 Å². The van der Waals surface area contributed by atoms with Gasteiger partial charge in [-0.2, -0.15) is 0 Å². The van der Waals surface area contributed by atoms with Crippen molar-refractivity contribution < 1.29 is 4.74 Å². The Hall–Kier alpha value is -1.32. The highest BCUT2D eigenvalue weighted by Crippen LogP contribution is 2.34. The van der Waals surface area contributed by atoms with Crippen molar-refractivity contribution in [2.45, 2.75) is 26.8 Å². The van der Waals surface area contributed by atoms with Crippen molar-refractivity contribution in [1.82, 2.24) is 5.32 Å². The van der Waals surface area contributed by atoms with Crippen molar-refractivity contribution in [3.05, 3.63) is 62.6 Å². The summed E-state index contributed by atoms with van der Waals surface area (Å²) < 4.78 is 6.58. The molecule has 2 aromatic rings. The summed E-state index contributed by atoms with van der Waals surface area (Å²) in [6.07, 6.45) is 0. The Morgan fingerprint density at radius 2 is 1.71 bits per heavy atom. The van der Waals surface area contributed by atoms with E-state index in [0.717, 1.165) is 15.8 Å². The average molecular weight is 348 g/mol. The van der Waals surface area contributed by atoms with Crippen molar-refractivity contribution >= 4 is 15.9 Å². The molecule has 0 amide bonds. The first-order valence-electron chi connectivity index (χ1n) is 7.07. The standard InChI is InChI=1S/C18H22BrNO/c1-11-7-6-8-14(17(11)19)18(20-4)15-9-13(3)16(21-5)10-12(15)2/h6-10,18,20H,1-5H3. The molecule has 2 nitrogen and oxygen atoms in total. The SMILES string of the molecule is CNC(c1cc(C)c(OC)cc1C)c1cccc(C)c1Br. The lowest BCUT2D eigenvalue weighted by atomic mass is 9.92. The Morgan fingerprint density at radius 3 is 2.33 bits per heavy atom. The van der Waals surface area contributed by atoms with Gasteiger partial charge in [0.05, 0.1) is 13.2 Å². The van der Waals surface area contributed by atoms with E-state index in [9.17, 15) is 0 Å². The minimum absolute atomic E-state index is 0.156. The van der Waals surface area contributed by atoms with Gasteiger partial charge < -0.3 is 10.1 Å². The van der Waals surface area contributed by atoms with E-state index in [1.165, 1.54) is 22.3 Å². The number of methoxy groups -OCH3 is 1. The highest BCUT2D eigenvalue weighted by molar-refractivity contribution is 9.10. The van der Waals surface area contributed by atoms with Crippen molar-refractivity contribution in [3.8, 4) is 5.75 Å². The molecule has 1 atom stereocenters. The zero-order chi connectivity index (χ0) is 15.6. The maximum Gasteiger partial charge on any atom is 0.122 e. The predicted molar refractivity (Wildman–Crippen MR) is 92.2 cm³/mol. The lowest BCUT2D eigenvalue weighted by molar-refractivity contribution is 0.411. The minimum atomic E-state index is 0.156. The molecule has 0 aliphatic carbocycles. The summed E-state index contributed by atoms with van der Waals surface area (Å²) >= 11 is 3.73. The molecule has 1 unspecified atom stereocenters. The van der Waals surface area contributed by atoms with Crippen molar-refractivity contribution in [3.63, 3.8) is 0 Å². The van der Waals surface area contributed by atoms with Crippen LogP contribution in [0, 0.1) is 20.8 Å². The fourth-order valence-electron chi connectivity index (χ4n) is 2.71. The zero-order valence-electron chi connectivity index (χ0n) is 13.3. The van der Waals surface area contributed by atoms with Gasteiger partial charge in [-0.1, -0.05) is 40.2 Å². The molecule has 0 aliphatic rings. The van der Waals surface area contributed by atoms with Crippen LogP contribution in [0.3, 0.4) is 0 Å². The van der Waals surface area contributed by atoms with Crippen LogP contribution in [0.15, 0.2) is 34.8 Å². The molecule has 3 heteroatoms. The van der Waals surface area contributed by atoms with Gasteiger partial charge in [0.15, 0.2) is 0 Å². The van der Waals surface area contributed by atoms with E-state index in [-0.39, 0.29) is 6.04 Å². The number of hydrogen-bond acceptors (Lipinski definition) is 2. The second-order valence-corrected chi connectivity index (χ2v) is 6.17. The largest absolute Gasteiger partial charge is 0.496 e. The van der Waals surface area contributed by atoms with Gasteiger partial charge in [0.1, 0.15) is 5.75 Å². The Morgan fingerprint density at radius 1 is 1.00 bits per heavy atom. The first kappa shape index (κ1) is 16.1. The van der Waals surface area contributed by atoms with E-state index >= 15 is 0 Å². The monoisotopic (exact) mass is 347 g/mol. The van der Waals surface area contributed by atoms with Crippen LogP contribution in [0.4, 0.5) is 0 Å². The van der Waals surface area contributed by atoms with E-state index in [1.807, 2.05) is 7.05 Å². The lowest BCUT2D eigenvalue weighted by Gasteiger charge is -2.23. The third-order valence-electron chi connectivity index (χ3n) is 3.92. The quantitative estimate of drug-likeness (QED) is 0.865. The topological polar surface area (TPSA) is 21.3 Å². The molecule has 0 saturated heterocycles. The number of nitrogens with one attached hydrogen (secondary N) is 1. The average Bonchev–Trinajstić information content (AvgIpc) is 2.47. The number of benzene rings is 2. The van der Waals surface area contributed by atoms with E-state index in [2.05, 4.69) is 72.3 Å². The van der Waals surface area contributed by atoms with E-state index < -0.39 is 0 Å². The molecule has 1 N–H and O–H groups in total. The van der Waals surface area contributed by atoms with Crippen molar-refractivity contribution in [2.75, 3.05) is 14.2 Å². The number of halogens is 1. The number of rotatable bonds is 4. The van der Waals surface area contributed by atoms with Crippen LogP contribution in [0.1, 0.15) is 33.9 Å². The van der Waals surface area contributed by atoms with Crippen LogP contribution >= 0.6 is 15.9 Å². The molecular weight excluding hydrogens is 326 g/mol. The number of hydrogen-bond donors (Lipinski definition) is 1. The fourth-order valence-corrected chi connectivity index (χ4v) is 3.21. The number of aryl methyl sites for hydroxylation is 3. The zero-order valence-corrected chi connectivity index (χ0v) is 14.8. The van der Waals surface area contributed by atoms with Gasteiger partial charge in [0.25, 0.3) is 0 Å². The van der Waals surface area contributed by atoms with Gasteiger partial charge >= 0.3 is 0 Å². The Kier molecular flexibility index (Phi) is 5.07. The minimum Gasteiger partial charge on any atom is -0.496 e. The molecule has 0 aliphatic heterocycles. The summed E-state index contributed by atoms with van der Waals surface area (Å²) in [5, 5.41) is 3.44. The number of ether oxygens (including phenoxy) is 1. The van der Waals surface area contributed by atoms with Gasteiger partial charge in [0, 0.05) is 4.47 Å². The first-order chi connectivity index (χ1) is 9.99. The maximum atomic E-state index is 5.41. The summed E-state index contributed by atoms with van der Waals surface area (Å²) in [7, 11) is 3.71. The van der Waals surface area contributed by atoms with E-state index in [0.29, 0.717) is 0 Å². The molecule has 21 heavy (non-hydrogen) atoms. The van der Waals surface area contributed by atoms with Crippen LogP contribution in [0.2, 0.25) is 0 Å². The Bertz CT molecular complexity index is 652. The summed E-state index contributed by atoms with van der Waals surface area (Å²) in [6.45, 7) is 6.33. The third-order valence-corrected chi connectivity index (χ3v) is 5.00. The van der Waals surface area contributed by atoms with Crippen LogP contribution in [0.5, 0.6) is 5.75 Å².